The molecule has 0 aromatic carbocycles. The average molecular weight is 281 g/mol. The number of nitrogens with zero attached hydrogens (tertiary/aromatic N) is 2. The highest BCUT2D eigenvalue weighted by molar-refractivity contribution is 7.15. The fourth-order valence-electron chi connectivity index (χ4n) is 0.987. The molecule has 0 saturated carbocycles. The van der Waals surface area contributed by atoms with Crippen molar-refractivity contribution in [3.63, 3.8) is 0 Å². The molecular weight excluding hydrogens is 264 g/mol. The minimum absolute atomic E-state index is 0. The number of hydrogen-bond acceptors (Lipinski definition) is 6. The second-order valence-corrected chi connectivity index (χ2v) is 4.13. The monoisotopic (exact) mass is 280 g/mol. The van der Waals surface area contributed by atoms with Crippen LogP contribution in [0.2, 0.25) is 0 Å². The molecule has 98 valence electrons. The molecule has 8 heteroatoms. The third-order valence-corrected chi connectivity index (χ3v) is 2.77. The summed E-state index contributed by atoms with van der Waals surface area (Å²) in [5.74, 6) is -0.116. The van der Waals surface area contributed by atoms with Gasteiger partial charge >= 0.3 is 0 Å². The molecular formula is C9H17ClN4O2S. The Kier molecular flexibility index (Phi) is 8.87. The maximum absolute atomic E-state index is 11.4. The van der Waals surface area contributed by atoms with E-state index in [4.69, 9.17) is 4.74 Å². The number of nitrogens with one attached hydrogen (secondary N) is 2. The van der Waals surface area contributed by atoms with Crippen LogP contribution in [-0.2, 0) is 16.0 Å². The maximum Gasteiger partial charge on any atom is 0.240 e. The Morgan fingerprint density at radius 2 is 2.24 bits per heavy atom. The number of hydrogen-bond donors (Lipinski definition) is 2. The lowest BCUT2D eigenvalue weighted by Gasteiger charge is -2.02. The van der Waals surface area contributed by atoms with Crippen molar-refractivity contribution >= 4 is 34.8 Å². The van der Waals surface area contributed by atoms with Gasteiger partial charge in [-0.3, -0.25) is 10.1 Å². The predicted octanol–water partition coefficient (Wildman–Crippen LogP) is 0.697. The summed E-state index contributed by atoms with van der Waals surface area (Å²) in [7, 11) is 1.62. The molecule has 0 aliphatic heterocycles. The zero-order valence-electron chi connectivity index (χ0n) is 9.86. The lowest BCUT2D eigenvalue weighted by Crippen LogP contribution is -2.30. The largest absolute Gasteiger partial charge is 0.383 e. The zero-order chi connectivity index (χ0) is 11.8. The number of rotatable bonds is 7. The molecule has 1 aromatic rings. The van der Waals surface area contributed by atoms with Gasteiger partial charge in [-0.25, -0.2) is 0 Å². The summed E-state index contributed by atoms with van der Waals surface area (Å²) in [4.78, 5) is 11.4. The highest BCUT2D eigenvalue weighted by Gasteiger charge is 2.06. The molecule has 0 bridgehead atoms. The molecule has 0 aliphatic rings. The molecule has 0 saturated heterocycles. The molecule has 1 heterocycles. The Bertz CT molecular complexity index is 335. The van der Waals surface area contributed by atoms with Gasteiger partial charge in [-0.2, -0.15) is 0 Å². The molecule has 1 rings (SSSR count). The van der Waals surface area contributed by atoms with Crippen molar-refractivity contribution in [2.24, 2.45) is 0 Å². The van der Waals surface area contributed by atoms with E-state index in [-0.39, 0.29) is 24.9 Å². The van der Waals surface area contributed by atoms with Gasteiger partial charge < -0.3 is 10.1 Å². The highest BCUT2D eigenvalue weighted by Crippen LogP contribution is 2.14. The van der Waals surface area contributed by atoms with Crippen LogP contribution in [0, 0.1) is 0 Å². The Balaban J connectivity index is 0.00000256. The minimum atomic E-state index is -0.116. The lowest BCUT2D eigenvalue weighted by atomic mass is 10.5. The van der Waals surface area contributed by atoms with Crippen LogP contribution in [0.15, 0.2) is 0 Å². The highest BCUT2D eigenvalue weighted by atomic mass is 35.5. The first-order valence-electron chi connectivity index (χ1n) is 5.08. The molecule has 0 unspecified atom stereocenters. The standard InChI is InChI=1S/C9H16N4O2S.ClH/c1-3-8-12-13-9(16-8)11-7(14)6-10-4-5-15-2;/h10H,3-6H2,1-2H3,(H,11,13,14);1H. The molecule has 0 aliphatic carbocycles. The number of ether oxygens (including phenoxy) is 1. The van der Waals surface area contributed by atoms with E-state index < -0.39 is 0 Å². The number of carbonyl (C=O) groups excluding carboxylic acids is 1. The third kappa shape index (κ3) is 6.52. The van der Waals surface area contributed by atoms with Gasteiger partial charge in [0.05, 0.1) is 13.2 Å². The van der Waals surface area contributed by atoms with E-state index in [1.807, 2.05) is 6.92 Å². The topological polar surface area (TPSA) is 76.1 Å². The van der Waals surface area contributed by atoms with Crippen molar-refractivity contribution in [1.29, 1.82) is 0 Å². The molecule has 0 radical (unpaired) electrons. The molecule has 0 atom stereocenters. The van der Waals surface area contributed by atoms with Gasteiger partial charge in [0.2, 0.25) is 11.0 Å². The van der Waals surface area contributed by atoms with Crippen LogP contribution < -0.4 is 10.6 Å². The lowest BCUT2D eigenvalue weighted by molar-refractivity contribution is -0.115. The Morgan fingerprint density at radius 3 is 2.82 bits per heavy atom. The van der Waals surface area contributed by atoms with Gasteiger partial charge in [0, 0.05) is 13.7 Å². The molecule has 17 heavy (non-hydrogen) atoms. The van der Waals surface area contributed by atoms with Crippen molar-refractivity contribution in [2.75, 3.05) is 32.1 Å². The molecule has 1 aromatic heterocycles. The van der Waals surface area contributed by atoms with Crippen LogP contribution >= 0.6 is 23.7 Å². The first-order chi connectivity index (χ1) is 7.76. The summed E-state index contributed by atoms with van der Waals surface area (Å²) in [5.41, 5.74) is 0. The van der Waals surface area contributed by atoms with E-state index in [0.29, 0.717) is 18.3 Å². The number of anilines is 1. The second-order valence-electron chi connectivity index (χ2n) is 3.07. The number of amides is 1. The summed E-state index contributed by atoms with van der Waals surface area (Å²) in [6.45, 7) is 3.50. The van der Waals surface area contributed by atoms with Crippen molar-refractivity contribution in [3.8, 4) is 0 Å². The number of aromatic nitrogens is 2. The zero-order valence-corrected chi connectivity index (χ0v) is 11.5. The number of aryl methyl sites for hydroxylation is 1. The fourth-order valence-corrected chi connectivity index (χ4v) is 1.68. The van der Waals surface area contributed by atoms with E-state index in [1.54, 1.807) is 7.11 Å². The van der Waals surface area contributed by atoms with Gasteiger partial charge in [0.1, 0.15) is 5.01 Å². The van der Waals surface area contributed by atoms with Gasteiger partial charge in [0.15, 0.2) is 0 Å². The third-order valence-electron chi connectivity index (χ3n) is 1.78. The van der Waals surface area contributed by atoms with Gasteiger partial charge in [-0.05, 0) is 6.42 Å². The minimum Gasteiger partial charge on any atom is -0.383 e. The van der Waals surface area contributed by atoms with Gasteiger partial charge in [-0.1, -0.05) is 18.3 Å². The average Bonchev–Trinajstić information content (AvgIpc) is 2.72. The molecule has 1 amide bonds. The summed E-state index contributed by atoms with van der Waals surface area (Å²) >= 11 is 1.40. The van der Waals surface area contributed by atoms with E-state index >= 15 is 0 Å². The first kappa shape index (κ1) is 16.2. The number of methoxy groups -OCH3 is 1. The van der Waals surface area contributed by atoms with Crippen molar-refractivity contribution in [3.05, 3.63) is 5.01 Å². The molecule has 6 nitrogen and oxygen atoms in total. The van der Waals surface area contributed by atoms with Crippen molar-refractivity contribution < 1.29 is 9.53 Å². The Hall–Kier alpha value is -0.760. The van der Waals surface area contributed by atoms with Crippen LogP contribution in [0.4, 0.5) is 5.13 Å². The van der Waals surface area contributed by atoms with E-state index in [2.05, 4.69) is 20.8 Å². The molecule has 2 N–H and O–H groups in total. The molecule has 0 spiro atoms. The number of carbonyl (C=O) groups is 1. The second kappa shape index (κ2) is 9.29. The number of halogens is 1. The van der Waals surface area contributed by atoms with Gasteiger partial charge in [0.25, 0.3) is 0 Å². The van der Waals surface area contributed by atoms with Crippen molar-refractivity contribution in [1.82, 2.24) is 15.5 Å². The fraction of sp³-hybridized carbons (Fsp3) is 0.667. The molecule has 0 fully saturated rings. The summed E-state index contributed by atoms with van der Waals surface area (Å²) < 4.78 is 4.85. The summed E-state index contributed by atoms with van der Waals surface area (Å²) in [6, 6.07) is 0. The predicted molar refractivity (Wildman–Crippen MR) is 69.9 cm³/mol. The quantitative estimate of drug-likeness (QED) is 0.719. The van der Waals surface area contributed by atoms with E-state index in [9.17, 15) is 4.79 Å². The van der Waals surface area contributed by atoms with E-state index in [1.165, 1.54) is 11.3 Å². The summed E-state index contributed by atoms with van der Waals surface area (Å²) in [6.07, 6.45) is 0.833. The van der Waals surface area contributed by atoms with Crippen LogP contribution in [0.25, 0.3) is 0 Å². The maximum atomic E-state index is 11.4. The normalized spacial score (nSPS) is 9.76. The van der Waals surface area contributed by atoms with Crippen LogP contribution in [0.5, 0.6) is 0 Å². The Labute approximate surface area is 111 Å². The summed E-state index contributed by atoms with van der Waals surface area (Å²) in [5, 5.41) is 14.9. The van der Waals surface area contributed by atoms with Crippen LogP contribution in [0.1, 0.15) is 11.9 Å². The SMILES string of the molecule is CCc1nnc(NC(=O)CNCCOC)s1.Cl. The Morgan fingerprint density at radius 1 is 1.47 bits per heavy atom. The van der Waals surface area contributed by atoms with Gasteiger partial charge in [-0.15, -0.1) is 22.6 Å². The van der Waals surface area contributed by atoms with Crippen LogP contribution in [0.3, 0.4) is 0 Å². The van der Waals surface area contributed by atoms with Crippen LogP contribution in [-0.4, -0.2) is 42.9 Å². The van der Waals surface area contributed by atoms with E-state index in [0.717, 1.165) is 11.4 Å². The first-order valence-corrected chi connectivity index (χ1v) is 5.89. The van der Waals surface area contributed by atoms with Crippen molar-refractivity contribution in [2.45, 2.75) is 13.3 Å². The smallest absolute Gasteiger partial charge is 0.240 e.